The molecule has 2 aromatic rings. The molecule has 0 saturated carbocycles. The molecule has 0 saturated heterocycles. The number of para-hydroxylation sites is 1. The zero-order valence-corrected chi connectivity index (χ0v) is 9.69. The van der Waals surface area contributed by atoms with Crippen LogP contribution in [0.15, 0.2) is 24.3 Å². The largest absolute Gasteiger partial charge is 0.466 e. The number of carbonyl (C=O) groups is 1. The van der Waals surface area contributed by atoms with Crippen LogP contribution in [0.1, 0.15) is 13.3 Å². The number of carbonyl (C=O) groups excluding carboxylic acids is 1. The van der Waals surface area contributed by atoms with Crippen LogP contribution in [0.2, 0.25) is 0 Å². The molecule has 0 aliphatic carbocycles. The molecule has 2 rings (SSSR count). The van der Waals surface area contributed by atoms with Gasteiger partial charge in [-0.25, -0.2) is 0 Å². The van der Waals surface area contributed by atoms with E-state index in [1.54, 1.807) is 6.92 Å². The van der Waals surface area contributed by atoms with E-state index in [-0.39, 0.29) is 5.97 Å². The molecule has 5 nitrogen and oxygen atoms in total. The number of ether oxygens (including phenoxy) is 1. The number of hydrogen-bond donors (Lipinski definition) is 2. The van der Waals surface area contributed by atoms with Gasteiger partial charge in [-0.2, -0.15) is 5.10 Å². The lowest BCUT2D eigenvalue weighted by atomic mass is 10.2. The van der Waals surface area contributed by atoms with Crippen molar-refractivity contribution in [3.63, 3.8) is 0 Å². The van der Waals surface area contributed by atoms with E-state index in [1.807, 2.05) is 24.3 Å². The maximum atomic E-state index is 11.1. The van der Waals surface area contributed by atoms with E-state index < -0.39 is 0 Å². The summed E-state index contributed by atoms with van der Waals surface area (Å²) >= 11 is 0. The molecule has 0 fully saturated rings. The summed E-state index contributed by atoms with van der Waals surface area (Å²) < 4.78 is 4.84. The van der Waals surface area contributed by atoms with Gasteiger partial charge in [0.05, 0.1) is 18.5 Å². The predicted octanol–water partition coefficient (Wildman–Crippen LogP) is 1.93. The van der Waals surface area contributed by atoms with Crippen LogP contribution < -0.4 is 5.32 Å². The number of aromatic amines is 1. The van der Waals surface area contributed by atoms with E-state index in [1.165, 1.54) is 0 Å². The van der Waals surface area contributed by atoms with E-state index in [0.29, 0.717) is 19.6 Å². The highest BCUT2D eigenvalue weighted by molar-refractivity contribution is 5.89. The van der Waals surface area contributed by atoms with Crippen LogP contribution in [-0.4, -0.2) is 29.3 Å². The van der Waals surface area contributed by atoms with Crippen molar-refractivity contribution < 1.29 is 9.53 Å². The highest BCUT2D eigenvalue weighted by Crippen LogP contribution is 2.19. The molecule has 0 unspecified atom stereocenters. The van der Waals surface area contributed by atoms with Gasteiger partial charge in [0.2, 0.25) is 0 Å². The molecule has 1 heterocycles. The monoisotopic (exact) mass is 233 g/mol. The average Bonchev–Trinajstić information content (AvgIpc) is 2.73. The number of benzene rings is 1. The van der Waals surface area contributed by atoms with E-state index >= 15 is 0 Å². The third kappa shape index (κ3) is 2.75. The molecule has 0 atom stereocenters. The van der Waals surface area contributed by atoms with E-state index in [2.05, 4.69) is 15.5 Å². The summed E-state index contributed by atoms with van der Waals surface area (Å²) in [4.78, 5) is 11.1. The highest BCUT2D eigenvalue weighted by Gasteiger charge is 2.05. The van der Waals surface area contributed by atoms with Crippen molar-refractivity contribution >= 4 is 22.7 Å². The lowest BCUT2D eigenvalue weighted by Gasteiger charge is -2.03. The number of aromatic nitrogens is 2. The summed E-state index contributed by atoms with van der Waals surface area (Å²) in [5.74, 6) is 0.574. The summed E-state index contributed by atoms with van der Waals surface area (Å²) in [6, 6.07) is 7.83. The number of anilines is 1. The number of fused-ring (bicyclic) bond motifs is 1. The molecule has 1 aromatic heterocycles. The van der Waals surface area contributed by atoms with E-state index in [4.69, 9.17) is 4.74 Å². The van der Waals surface area contributed by atoms with Gasteiger partial charge < -0.3 is 10.1 Å². The lowest BCUT2D eigenvalue weighted by Crippen LogP contribution is -2.11. The predicted molar refractivity (Wildman–Crippen MR) is 65.8 cm³/mol. The minimum atomic E-state index is -0.195. The van der Waals surface area contributed by atoms with Gasteiger partial charge >= 0.3 is 5.97 Å². The molecule has 17 heavy (non-hydrogen) atoms. The molecule has 90 valence electrons. The first-order valence-electron chi connectivity index (χ1n) is 5.64. The quantitative estimate of drug-likeness (QED) is 0.774. The molecule has 0 aliphatic heterocycles. The molecular weight excluding hydrogens is 218 g/mol. The number of rotatable bonds is 5. The van der Waals surface area contributed by atoms with Gasteiger partial charge in [-0.1, -0.05) is 12.1 Å². The first kappa shape index (κ1) is 11.4. The summed E-state index contributed by atoms with van der Waals surface area (Å²) in [6.45, 7) is 2.74. The Morgan fingerprint density at radius 3 is 3.12 bits per heavy atom. The lowest BCUT2D eigenvalue weighted by molar-refractivity contribution is -0.142. The second-order valence-corrected chi connectivity index (χ2v) is 3.60. The van der Waals surface area contributed by atoms with Crippen LogP contribution in [0.3, 0.4) is 0 Å². The summed E-state index contributed by atoms with van der Waals surface area (Å²) in [5, 5.41) is 11.2. The van der Waals surface area contributed by atoms with Crippen molar-refractivity contribution in [2.45, 2.75) is 13.3 Å². The molecule has 0 radical (unpaired) electrons. The molecule has 5 heteroatoms. The second-order valence-electron chi connectivity index (χ2n) is 3.60. The average molecular weight is 233 g/mol. The Bertz CT molecular complexity index is 507. The van der Waals surface area contributed by atoms with Gasteiger partial charge in [-0.05, 0) is 19.1 Å². The normalized spacial score (nSPS) is 10.4. The number of esters is 1. The third-order valence-electron chi connectivity index (χ3n) is 2.40. The van der Waals surface area contributed by atoms with Crippen molar-refractivity contribution in [3.8, 4) is 0 Å². The zero-order valence-electron chi connectivity index (χ0n) is 9.69. The Hall–Kier alpha value is -2.04. The summed E-state index contributed by atoms with van der Waals surface area (Å²) in [5.41, 5.74) is 0.978. The van der Waals surface area contributed by atoms with Gasteiger partial charge in [0, 0.05) is 11.9 Å². The van der Waals surface area contributed by atoms with Crippen molar-refractivity contribution in [2.24, 2.45) is 0 Å². The van der Waals surface area contributed by atoms with Crippen LogP contribution in [0.25, 0.3) is 10.9 Å². The molecule has 0 spiro atoms. The second kappa shape index (κ2) is 5.34. The van der Waals surface area contributed by atoms with Crippen LogP contribution in [0.4, 0.5) is 5.82 Å². The maximum Gasteiger partial charge on any atom is 0.307 e. The fourth-order valence-corrected chi connectivity index (χ4v) is 1.61. The molecular formula is C12H15N3O2. The number of nitrogens with zero attached hydrogens (tertiary/aromatic N) is 1. The molecule has 0 aliphatic rings. The van der Waals surface area contributed by atoms with Crippen molar-refractivity contribution in [3.05, 3.63) is 24.3 Å². The van der Waals surface area contributed by atoms with Gasteiger partial charge in [-0.3, -0.25) is 9.89 Å². The Kier molecular flexibility index (Phi) is 3.59. The van der Waals surface area contributed by atoms with Crippen molar-refractivity contribution in [1.82, 2.24) is 10.2 Å². The maximum absolute atomic E-state index is 11.1. The molecule has 2 N–H and O–H groups in total. The topological polar surface area (TPSA) is 67.0 Å². The van der Waals surface area contributed by atoms with E-state index in [9.17, 15) is 4.79 Å². The van der Waals surface area contributed by atoms with Gasteiger partial charge in [0.15, 0.2) is 5.82 Å². The SMILES string of the molecule is CCOC(=O)CCNc1n[nH]c2ccccc12. The van der Waals surface area contributed by atoms with Gasteiger partial charge in [0.25, 0.3) is 0 Å². The Morgan fingerprint density at radius 1 is 1.47 bits per heavy atom. The van der Waals surface area contributed by atoms with Gasteiger partial charge in [-0.15, -0.1) is 0 Å². The van der Waals surface area contributed by atoms with Crippen molar-refractivity contribution in [2.75, 3.05) is 18.5 Å². The molecule has 1 aromatic carbocycles. The fourth-order valence-electron chi connectivity index (χ4n) is 1.61. The van der Waals surface area contributed by atoms with Crippen LogP contribution in [0, 0.1) is 0 Å². The summed E-state index contributed by atoms with van der Waals surface area (Å²) in [6.07, 6.45) is 0.342. The Labute approximate surface area is 99.2 Å². The first-order chi connectivity index (χ1) is 8.31. The number of hydrogen-bond acceptors (Lipinski definition) is 4. The minimum Gasteiger partial charge on any atom is -0.466 e. The smallest absolute Gasteiger partial charge is 0.307 e. The Morgan fingerprint density at radius 2 is 2.29 bits per heavy atom. The first-order valence-corrected chi connectivity index (χ1v) is 5.64. The Balaban J connectivity index is 1.93. The molecule has 0 bridgehead atoms. The standard InChI is InChI=1S/C12H15N3O2/c1-2-17-11(16)7-8-13-12-9-5-3-4-6-10(9)14-15-12/h3-6H,2,7-8H2,1H3,(H2,13,14,15). The number of nitrogens with one attached hydrogen (secondary N) is 2. The minimum absolute atomic E-state index is 0.195. The molecule has 0 amide bonds. The number of H-pyrrole nitrogens is 1. The fraction of sp³-hybridized carbons (Fsp3) is 0.333. The highest BCUT2D eigenvalue weighted by atomic mass is 16.5. The van der Waals surface area contributed by atoms with Crippen LogP contribution in [-0.2, 0) is 9.53 Å². The van der Waals surface area contributed by atoms with E-state index in [0.717, 1.165) is 16.7 Å². The summed E-state index contributed by atoms with van der Waals surface area (Å²) in [7, 11) is 0. The van der Waals surface area contributed by atoms with Crippen molar-refractivity contribution in [1.29, 1.82) is 0 Å². The third-order valence-corrected chi connectivity index (χ3v) is 2.40. The van der Waals surface area contributed by atoms with Crippen LogP contribution in [0.5, 0.6) is 0 Å². The van der Waals surface area contributed by atoms with Crippen LogP contribution >= 0.6 is 0 Å². The van der Waals surface area contributed by atoms with Gasteiger partial charge in [0.1, 0.15) is 0 Å². The zero-order chi connectivity index (χ0) is 12.1.